The number of carbonyl (C=O) groups excluding carboxylic acids is 1. The maximum atomic E-state index is 13.0. The van der Waals surface area contributed by atoms with Crippen molar-refractivity contribution in [3.63, 3.8) is 0 Å². The predicted molar refractivity (Wildman–Crippen MR) is 104 cm³/mol. The zero-order valence-corrected chi connectivity index (χ0v) is 15.8. The molecule has 0 radical (unpaired) electrons. The Bertz CT molecular complexity index is 991. The Morgan fingerprint density at radius 3 is 2.59 bits per heavy atom. The minimum absolute atomic E-state index is 0.0950. The van der Waals surface area contributed by atoms with E-state index in [4.69, 9.17) is 20.9 Å². The lowest BCUT2D eigenvalue weighted by Gasteiger charge is -2.15. The second-order valence-electron chi connectivity index (χ2n) is 6.82. The monoisotopic (exact) mass is 382 g/mol. The fourth-order valence-electron chi connectivity index (χ4n) is 3.14. The number of nitrogens with zero attached hydrogens (tertiary/aromatic N) is 1. The summed E-state index contributed by atoms with van der Waals surface area (Å²) in [5.74, 6) is 1.16. The third kappa shape index (κ3) is 3.30. The molecule has 0 aliphatic heterocycles. The van der Waals surface area contributed by atoms with Crippen molar-refractivity contribution in [3.05, 3.63) is 64.8 Å². The smallest absolute Gasteiger partial charge is 0.236 e. The Morgan fingerprint density at radius 1 is 1.19 bits per heavy atom. The van der Waals surface area contributed by atoms with E-state index in [1.807, 2.05) is 43.3 Å². The lowest BCUT2D eigenvalue weighted by Crippen LogP contribution is -2.28. The number of nitrogens with one attached hydrogen (secondary N) is 1. The average Bonchev–Trinajstić information content (AvgIpc) is 3.33. The molecular weight excluding hydrogens is 364 g/mol. The summed E-state index contributed by atoms with van der Waals surface area (Å²) >= 11 is 5.93. The molecule has 27 heavy (non-hydrogen) atoms. The molecule has 0 bridgehead atoms. The lowest BCUT2D eigenvalue weighted by molar-refractivity contribution is -0.118. The molecule has 1 aliphatic rings. The van der Waals surface area contributed by atoms with Crippen molar-refractivity contribution in [2.24, 2.45) is 0 Å². The van der Waals surface area contributed by atoms with Gasteiger partial charge in [-0.15, -0.1) is 0 Å². The minimum atomic E-state index is -0.650. The Balaban J connectivity index is 1.58. The van der Waals surface area contributed by atoms with Gasteiger partial charge in [0.25, 0.3) is 0 Å². The van der Waals surface area contributed by atoms with E-state index < -0.39 is 5.41 Å². The zero-order chi connectivity index (χ0) is 19.0. The molecule has 1 amide bonds. The molecule has 138 valence electrons. The number of aromatic nitrogens is 1. The molecule has 1 heterocycles. The van der Waals surface area contributed by atoms with Gasteiger partial charge < -0.3 is 14.6 Å². The van der Waals surface area contributed by atoms with Crippen LogP contribution in [0.25, 0.3) is 11.3 Å². The van der Waals surface area contributed by atoms with Gasteiger partial charge >= 0.3 is 0 Å². The molecule has 4 rings (SSSR count). The van der Waals surface area contributed by atoms with Crippen LogP contribution >= 0.6 is 11.6 Å². The van der Waals surface area contributed by atoms with Crippen LogP contribution in [0.5, 0.6) is 5.75 Å². The summed E-state index contributed by atoms with van der Waals surface area (Å²) in [7, 11) is 1.59. The summed E-state index contributed by atoms with van der Waals surface area (Å²) in [5.41, 5.74) is 2.58. The normalized spacial score (nSPS) is 14.6. The van der Waals surface area contributed by atoms with E-state index in [1.54, 1.807) is 19.2 Å². The average molecular weight is 383 g/mol. The molecule has 1 saturated carbocycles. The van der Waals surface area contributed by atoms with Crippen molar-refractivity contribution in [1.82, 2.24) is 5.16 Å². The summed E-state index contributed by atoms with van der Waals surface area (Å²) in [5, 5.41) is 7.83. The first kappa shape index (κ1) is 17.6. The lowest BCUT2D eigenvalue weighted by atomic mass is 10.00. The van der Waals surface area contributed by atoms with E-state index in [2.05, 4.69) is 10.5 Å². The van der Waals surface area contributed by atoms with E-state index in [-0.39, 0.29) is 5.91 Å². The second kappa shape index (κ2) is 6.74. The number of amides is 1. The number of hydrogen-bond donors (Lipinski definition) is 1. The van der Waals surface area contributed by atoms with Crippen LogP contribution in [-0.2, 0) is 10.2 Å². The molecule has 2 aromatic carbocycles. The van der Waals surface area contributed by atoms with Crippen LogP contribution in [-0.4, -0.2) is 18.2 Å². The number of hydrogen-bond acceptors (Lipinski definition) is 4. The van der Waals surface area contributed by atoms with Gasteiger partial charge in [0.2, 0.25) is 5.91 Å². The Labute approximate surface area is 162 Å². The number of benzene rings is 2. The standard InChI is InChI=1S/C21H19ClN2O3/c1-13-3-8-17(26-2)16(11-13)23-20(25)21(9-10-21)19-12-18(27-24-19)14-4-6-15(22)7-5-14/h3-8,11-12H,9-10H2,1-2H3,(H,23,25). The number of ether oxygens (including phenoxy) is 1. The van der Waals surface area contributed by atoms with E-state index in [0.717, 1.165) is 24.0 Å². The first-order valence-electron chi connectivity index (χ1n) is 8.71. The SMILES string of the molecule is COc1ccc(C)cc1NC(=O)C1(c2cc(-c3ccc(Cl)cc3)on2)CC1. The summed E-state index contributed by atoms with van der Waals surface area (Å²) in [6, 6.07) is 14.8. The number of aryl methyl sites for hydroxylation is 1. The van der Waals surface area contributed by atoms with Crippen molar-refractivity contribution in [1.29, 1.82) is 0 Å². The van der Waals surface area contributed by atoms with E-state index in [0.29, 0.717) is 27.9 Å². The van der Waals surface area contributed by atoms with Crippen molar-refractivity contribution in [2.75, 3.05) is 12.4 Å². The molecule has 1 fully saturated rings. The van der Waals surface area contributed by atoms with Crippen molar-refractivity contribution < 1.29 is 14.1 Å². The maximum Gasteiger partial charge on any atom is 0.236 e. The largest absolute Gasteiger partial charge is 0.495 e. The highest BCUT2D eigenvalue weighted by Gasteiger charge is 2.54. The van der Waals surface area contributed by atoms with Gasteiger partial charge in [-0.1, -0.05) is 22.8 Å². The first-order chi connectivity index (χ1) is 13.0. The van der Waals surface area contributed by atoms with Crippen molar-refractivity contribution in [2.45, 2.75) is 25.2 Å². The third-order valence-electron chi connectivity index (χ3n) is 4.92. The van der Waals surface area contributed by atoms with Gasteiger partial charge in [-0.25, -0.2) is 0 Å². The Kier molecular flexibility index (Phi) is 4.40. The fraction of sp³-hybridized carbons (Fsp3) is 0.238. The number of anilines is 1. The molecule has 6 heteroatoms. The maximum absolute atomic E-state index is 13.0. The number of carbonyl (C=O) groups is 1. The number of methoxy groups -OCH3 is 1. The summed E-state index contributed by atoms with van der Waals surface area (Å²) in [4.78, 5) is 13.0. The van der Waals surface area contributed by atoms with Crippen LogP contribution in [0.1, 0.15) is 24.1 Å². The third-order valence-corrected chi connectivity index (χ3v) is 5.17. The van der Waals surface area contributed by atoms with Crippen LogP contribution in [0.3, 0.4) is 0 Å². The minimum Gasteiger partial charge on any atom is -0.495 e. The summed E-state index contributed by atoms with van der Waals surface area (Å²) in [6.07, 6.45) is 1.47. The topological polar surface area (TPSA) is 64.4 Å². The van der Waals surface area contributed by atoms with Gasteiger partial charge in [0, 0.05) is 16.7 Å². The first-order valence-corrected chi connectivity index (χ1v) is 9.09. The number of halogens is 1. The molecule has 3 aromatic rings. The second-order valence-corrected chi connectivity index (χ2v) is 7.26. The highest BCUT2D eigenvalue weighted by molar-refractivity contribution is 6.30. The molecule has 1 N–H and O–H groups in total. The van der Waals surface area contributed by atoms with E-state index >= 15 is 0 Å². The molecule has 0 unspecified atom stereocenters. The van der Waals surface area contributed by atoms with Gasteiger partial charge in [-0.05, 0) is 61.7 Å². The van der Waals surface area contributed by atoms with Gasteiger partial charge in [-0.3, -0.25) is 4.79 Å². The molecule has 1 aliphatic carbocycles. The van der Waals surface area contributed by atoms with Crippen LogP contribution in [0.4, 0.5) is 5.69 Å². The predicted octanol–water partition coefficient (Wildman–Crippen LogP) is 4.98. The molecular formula is C21H19ClN2O3. The summed E-state index contributed by atoms with van der Waals surface area (Å²) in [6.45, 7) is 1.97. The summed E-state index contributed by atoms with van der Waals surface area (Å²) < 4.78 is 10.8. The van der Waals surface area contributed by atoms with E-state index in [9.17, 15) is 4.79 Å². The zero-order valence-electron chi connectivity index (χ0n) is 15.1. The molecule has 0 saturated heterocycles. The molecule has 5 nitrogen and oxygen atoms in total. The molecule has 1 aromatic heterocycles. The Hall–Kier alpha value is -2.79. The molecule has 0 atom stereocenters. The van der Waals surface area contributed by atoms with Gasteiger partial charge in [-0.2, -0.15) is 0 Å². The highest BCUT2D eigenvalue weighted by Crippen LogP contribution is 2.49. The van der Waals surface area contributed by atoms with Crippen LogP contribution in [0, 0.1) is 6.92 Å². The van der Waals surface area contributed by atoms with Crippen LogP contribution in [0.2, 0.25) is 5.02 Å². The van der Waals surface area contributed by atoms with Gasteiger partial charge in [0.1, 0.15) is 5.75 Å². The number of rotatable bonds is 5. The van der Waals surface area contributed by atoms with Crippen LogP contribution in [0.15, 0.2) is 53.1 Å². The quantitative estimate of drug-likeness (QED) is 0.675. The Morgan fingerprint density at radius 2 is 1.93 bits per heavy atom. The van der Waals surface area contributed by atoms with Crippen LogP contribution < -0.4 is 10.1 Å². The van der Waals surface area contributed by atoms with Gasteiger partial charge in [0.15, 0.2) is 5.76 Å². The highest BCUT2D eigenvalue weighted by atomic mass is 35.5. The fourth-order valence-corrected chi connectivity index (χ4v) is 3.26. The van der Waals surface area contributed by atoms with Gasteiger partial charge in [0.05, 0.1) is 23.9 Å². The van der Waals surface area contributed by atoms with E-state index in [1.165, 1.54) is 0 Å². The van der Waals surface area contributed by atoms with Crippen molar-refractivity contribution >= 4 is 23.2 Å². The van der Waals surface area contributed by atoms with Crippen molar-refractivity contribution in [3.8, 4) is 17.1 Å². The molecule has 0 spiro atoms.